The molecule has 4 heteroatoms. The number of hydrogen-bond acceptors (Lipinski definition) is 2. The van der Waals surface area contributed by atoms with Gasteiger partial charge in [-0.25, -0.2) is 0 Å². The molecular formula is C16H10N2O2. The van der Waals surface area contributed by atoms with Gasteiger partial charge in [0.2, 0.25) is 0 Å². The van der Waals surface area contributed by atoms with E-state index < -0.39 is 0 Å². The van der Waals surface area contributed by atoms with Gasteiger partial charge >= 0.3 is 0 Å². The number of nitrogens with one attached hydrogen (secondary N) is 2. The quantitative estimate of drug-likeness (QED) is 0.543. The van der Waals surface area contributed by atoms with Crippen LogP contribution in [0.4, 0.5) is 0 Å². The second-order valence-electron chi connectivity index (χ2n) is 4.80. The predicted octanol–water partition coefficient (Wildman–Crippen LogP) is 3.43. The summed E-state index contributed by atoms with van der Waals surface area (Å²) in [5, 5.41) is 3.75. The smallest absolute Gasteiger partial charge is 0.152 e. The van der Waals surface area contributed by atoms with Crippen LogP contribution in [0, 0.1) is 0 Å². The van der Waals surface area contributed by atoms with Gasteiger partial charge in [0.05, 0.1) is 0 Å². The Hall–Kier alpha value is -2.88. The first kappa shape index (κ1) is 11.0. The standard InChI is InChI=1S/C16H10N2O2/c19-7-9-5-18-14-4-2-12-11(15(9)14)1-3-13-16(12)10(8-20)6-17-13/h1-8,17-18H. The molecule has 2 heterocycles. The number of fused-ring (bicyclic) bond motifs is 5. The zero-order valence-electron chi connectivity index (χ0n) is 10.4. The number of carbonyl (C=O) groups excluding carboxylic acids is 2. The molecule has 0 fully saturated rings. The molecule has 0 saturated carbocycles. The fourth-order valence-corrected chi connectivity index (χ4v) is 2.91. The normalized spacial score (nSPS) is 11.4. The number of aromatic nitrogens is 2. The lowest BCUT2D eigenvalue weighted by Crippen LogP contribution is -1.82. The van der Waals surface area contributed by atoms with Gasteiger partial charge in [0.15, 0.2) is 12.6 Å². The molecule has 0 spiro atoms. The fourth-order valence-electron chi connectivity index (χ4n) is 2.91. The van der Waals surface area contributed by atoms with Gasteiger partial charge < -0.3 is 9.97 Å². The van der Waals surface area contributed by atoms with E-state index >= 15 is 0 Å². The highest BCUT2D eigenvalue weighted by Gasteiger charge is 2.12. The van der Waals surface area contributed by atoms with Crippen molar-refractivity contribution >= 4 is 45.2 Å². The number of H-pyrrole nitrogens is 2. The molecule has 0 aliphatic heterocycles. The summed E-state index contributed by atoms with van der Waals surface area (Å²) < 4.78 is 0. The molecule has 0 radical (unpaired) electrons. The molecule has 2 aromatic heterocycles. The van der Waals surface area contributed by atoms with E-state index in [1.54, 1.807) is 12.4 Å². The van der Waals surface area contributed by atoms with Crippen molar-refractivity contribution in [1.29, 1.82) is 0 Å². The van der Waals surface area contributed by atoms with Crippen LogP contribution < -0.4 is 0 Å². The van der Waals surface area contributed by atoms with E-state index in [1.807, 2.05) is 24.3 Å². The molecule has 0 aliphatic rings. The summed E-state index contributed by atoms with van der Waals surface area (Å²) >= 11 is 0. The Balaban J connectivity index is 2.31. The van der Waals surface area contributed by atoms with E-state index in [0.29, 0.717) is 11.1 Å². The van der Waals surface area contributed by atoms with Crippen LogP contribution in [0.5, 0.6) is 0 Å². The maximum Gasteiger partial charge on any atom is 0.152 e. The third-order valence-electron chi connectivity index (χ3n) is 3.80. The highest BCUT2D eigenvalue weighted by molar-refractivity contribution is 6.22. The van der Waals surface area contributed by atoms with Gasteiger partial charge in [-0.05, 0) is 22.9 Å². The molecule has 2 aromatic carbocycles. The molecule has 0 amide bonds. The Bertz CT molecular complexity index is 910. The molecule has 2 N–H and O–H groups in total. The van der Waals surface area contributed by atoms with Crippen LogP contribution in [-0.4, -0.2) is 22.5 Å². The van der Waals surface area contributed by atoms with Gasteiger partial charge in [0.25, 0.3) is 0 Å². The van der Waals surface area contributed by atoms with Gasteiger partial charge in [0.1, 0.15) is 0 Å². The summed E-state index contributed by atoms with van der Waals surface area (Å²) in [5.41, 5.74) is 3.10. The van der Waals surface area contributed by atoms with Crippen LogP contribution in [-0.2, 0) is 0 Å². The van der Waals surface area contributed by atoms with E-state index in [-0.39, 0.29) is 0 Å². The van der Waals surface area contributed by atoms with Crippen LogP contribution in [0.3, 0.4) is 0 Å². The summed E-state index contributed by atoms with van der Waals surface area (Å²) in [6, 6.07) is 7.83. The van der Waals surface area contributed by atoms with Crippen molar-refractivity contribution < 1.29 is 9.59 Å². The number of hydrogen-bond donors (Lipinski definition) is 2. The van der Waals surface area contributed by atoms with E-state index in [1.165, 1.54) is 0 Å². The van der Waals surface area contributed by atoms with Crippen LogP contribution in [0.15, 0.2) is 36.7 Å². The second-order valence-corrected chi connectivity index (χ2v) is 4.80. The fraction of sp³-hybridized carbons (Fsp3) is 0. The zero-order chi connectivity index (χ0) is 13.7. The molecule has 0 atom stereocenters. The average Bonchev–Trinajstić information content (AvgIpc) is 3.10. The minimum absolute atomic E-state index is 0.633. The minimum atomic E-state index is 0.633. The first-order valence-corrected chi connectivity index (χ1v) is 6.27. The van der Waals surface area contributed by atoms with Crippen molar-refractivity contribution in [3.63, 3.8) is 0 Å². The van der Waals surface area contributed by atoms with Crippen molar-refractivity contribution in [2.75, 3.05) is 0 Å². The van der Waals surface area contributed by atoms with Crippen LogP contribution >= 0.6 is 0 Å². The maximum absolute atomic E-state index is 11.2. The largest absolute Gasteiger partial charge is 0.360 e. The number of rotatable bonds is 2. The molecule has 0 unspecified atom stereocenters. The third kappa shape index (κ3) is 1.25. The molecule has 4 aromatic rings. The Labute approximate surface area is 113 Å². The van der Waals surface area contributed by atoms with E-state index in [2.05, 4.69) is 9.97 Å². The molecule has 0 saturated heterocycles. The van der Waals surface area contributed by atoms with Gasteiger partial charge in [-0.15, -0.1) is 0 Å². The average molecular weight is 262 g/mol. The lowest BCUT2D eigenvalue weighted by Gasteiger charge is -2.03. The molecule has 4 rings (SSSR count). The second kappa shape index (κ2) is 3.81. The van der Waals surface area contributed by atoms with Crippen LogP contribution in [0.1, 0.15) is 20.7 Å². The summed E-state index contributed by atoms with van der Waals surface area (Å²) in [4.78, 5) is 28.5. The van der Waals surface area contributed by atoms with Crippen molar-refractivity contribution in [2.45, 2.75) is 0 Å². The summed E-state index contributed by atoms with van der Waals surface area (Å²) in [6.07, 6.45) is 5.11. The van der Waals surface area contributed by atoms with E-state index in [9.17, 15) is 9.59 Å². The van der Waals surface area contributed by atoms with Crippen LogP contribution in [0.2, 0.25) is 0 Å². The summed E-state index contributed by atoms with van der Waals surface area (Å²) in [6.45, 7) is 0. The molecular weight excluding hydrogens is 252 g/mol. The molecule has 4 nitrogen and oxygen atoms in total. The number of aldehydes is 2. The van der Waals surface area contributed by atoms with Gasteiger partial charge in [-0.1, -0.05) is 12.1 Å². The SMILES string of the molecule is O=Cc1c[nH]c2ccc3c(ccc4[nH]cc(C=O)c43)c12. The van der Waals surface area contributed by atoms with Crippen molar-refractivity contribution in [2.24, 2.45) is 0 Å². The van der Waals surface area contributed by atoms with Crippen LogP contribution in [0.25, 0.3) is 32.6 Å². The number of benzene rings is 2. The van der Waals surface area contributed by atoms with Gasteiger partial charge in [-0.3, -0.25) is 9.59 Å². The Morgan fingerprint density at radius 3 is 1.55 bits per heavy atom. The third-order valence-corrected chi connectivity index (χ3v) is 3.80. The highest BCUT2D eigenvalue weighted by Crippen LogP contribution is 2.33. The van der Waals surface area contributed by atoms with Gasteiger partial charge in [0, 0.05) is 45.3 Å². The Morgan fingerprint density at radius 2 is 1.15 bits per heavy atom. The first-order valence-electron chi connectivity index (χ1n) is 6.27. The van der Waals surface area contributed by atoms with Crippen molar-refractivity contribution in [1.82, 2.24) is 9.97 Å². The van der Waals surface area contributed by atoms with Crippen molar-refractivity contribution in [3.8, 4) is 0 Å². The summed E-state index contributed by atoms with van der Waals surface area (Å²) in [7, 11) is 0. The number of aromatic amines is 2. The molecule has 0 aliphatic carbocycles. The predicted molar refractivity (Wildman–Crippen MR) is 78.4 cm³/mol. The monoisotopic (exact) mass is 262 g/mol. The molecule has 96 valence electrons. The zero-order valence-corrected chi connectivity index (χ0v) is 10.4. The lowest BCUT2D eigenvalue weighted by molar-refractivity contribution is 0.111. The van der Waals surface area contributed by atoms with Crippen molar-refractivity contribution in [3.05, 3.63) is 47.8 Å². The van der Waals surface area contributed by atoms with E-state index in [0.717, 1.165) is 45.2 Å². The molecule has 0 bridgehead atoms. The Morgan fingerprint density at radius 1 is 0.700 bits per heavy atom. The minimum Gasteiger partial charge on any atom is -0.360 e. The first-order chi connectivity index (χ1) is 9.83. The topological polar surface area (TPSA) is 65.7 Å². The molecule has 20 heavy (non-hydrogen) atoms. The lowest BCUT2D eigenvalue weighted by atomic mass is 9.99. The maximum atomic E-state index is 11.2. The number of carbonyl (C=O) groups is 2. The van der Waals surface area contributed by atoms with E-state index in [4.69, 9.17) is 0 Å². The highest BCUT2D eigenvalue weighted by atomic mass is 16.1. The Kier molecular flexibility index (Phi) is 2.09. The summed E-state index contributed by atoms with van der Waals surface area (Å²) in [5.74, 6) is 0. The van der Waals surface area contributed by atoms with Gasteiger partial charge in [-0.2, -0.15) is 0 Å².